The Morgan fingerprint density at radius 1 is 1.09 bits per heavy atom. The number of halogens is 4. The lowest BCUT2D eigenvalue weighted by Crippen LogP contribution is -2.54. The van der Waals surface area contributed by atoms with E-state index in [2.05, 4.69) is 14.7 Å². The quantitative estimate of drug-likeness (QED) is 0.387. The van der Waals surface area contributed by atoms with Gasteiger partial charge in [0, 0.05) is 73.6 Å². The Balaban J connectivity index is 1.16. The maximum Gasteiger partial charge on any atom is 0.416 e. The van der Waals surface area contributed by atoms with Crippen LogP contribution in [0.15, 0.2) is 42.5 Å². The topological polar surface area (TPSA) is 128 Å². The molecule has 0 saturated carbocycles. The molecule has 3 aliphatic rings. The van der Waals surface area contributed by atoms with Gasteiger partial charge in [-0.2, -0.15) is 35.7 Å². The third-order valence-corrected chi connectivity index (χ3v) is 11.8. The fraction of sp³-hybridized carbons (Fsp3) is 0.483. The highest BCUT2D eigenvalue weighted by molar-refractivity contribution is 7.91. The number of aliphatic hydroxyl groups excluding tert-OH is 1. The molecular formula is C29H34ClF3N6O5S2. The van der Waals surface area contributed by atoms with E-state index in [9.17, 15) is 35.1 Å². The molecule has 17 heteroatoms. The van der Waals surface area contributed by atoms with E-state index < -0.39 is 38.1 Å². The summed E-state index contributed by atoms with van der Waals surface area (Å²) in [6.07, 6.45) is -2.82. The molecule has 4 heterocycles. The molecule has 0 amide bonds. The third-order valence-electron chi connectivity index (χ3n) is 8.78. The van der Waals surface area contributed by atoms with Gasteiger partial charge >= 0.3 is 16.4 Å². The Morgan fingerprint density at radius 3 is 2.43 bits per heavy atom. The van der Waals surface area contributed by atoms with Gasteiger partial charge in [-0.25, -0.2) is 8.42 Å². The van der Waals surface area contributed by atoms with E-state index in [1.165, 1.54) is 20.7 Å². The second kappa shape index (κ2) is 12.4. The summed E-state index contributed by atoms with van der Waals surface area (Å²) >= 11 is 6.13. The van der Waals surface area contributed by atoms with Gasteiger partial charge in [-0.15, -0.1) is 0 Å². The second-order valence-electron chi connectivity index (χ2n) is 12.0. The summed E-state index contributed by atoms with van der Waals surface area (Å²) in [6.45, 7) is 1.91. The molecule has 1 atom stereocenters. The van der Waals surface area contributed by atoms with E-state index >= 15 is 0 Å². The van der Waals surface area contributed by atoms with E-state index in [1.54, 1.807) is 22.9 Å². The van der Waals surface area contributed by atoms with Gasteiger partial charge in [0.2, 0.25) is 10.0 Å². The molecule has 3 aromatic rings. The van der Waals surface area contributed by atoms with Gasteiger partial charge in [0.25, 0.3) is 0 Å². The molecule has 3 aliphatic heterocycles. The van der Waals surface area contributed by atoms with Crippen LogP contribution in [0.5, 0.6) is 0 Å². The molecule has 2 aromatic carbocycles. The van der Waals surface area contributed by atoms with Crippen molar-refractivity contribution >= 4 is 37.5 Å². The summed E-state index contributed by atoms with van der Waals surface area (Å²) in [5.74, 6) is 0. The molecule has 6 rings (SSSR count). The maximum absolute atomic E-state index is 13.2. The molecule has 0 spiro atoms. The molecule has 0 aliphatic carbocycles. The van der Waals surface area contributed by atoms with Crippen LogP contribution in [0.25, 0.3) is 11.3 Å². The first-order valence-electron chi connectivity index (χ1n) is 14.8. The predicted octanol–water partition coefficient (Wildman–Crippen LogP) is 3.22. The minimum atomic E-state index is -4.50. The molecule has 1 unspecified atom stereocenters. The molecule has 2 N–H and O–H groups in total. The first kappa shape index (κ1) is 33.2. The Hall–Kier alpha value is -2.73. The average Bonchev–Trinajstić information content (AvgIpc) is 3.34. The van der Waals surface area contributed by atoms with Crippen LogP contribution >= 0.6 is 11.6 Å². The van der Waals surface area contributed by atoms with Crippen molar-refractivity contribution in [1.29, 1.82) is 0 Å². The SMILES string of the molecule is CS(=O)(=O)N1CCc2c(c(-c3ccc(C(F)(F)F)cc3)nn2CC(O)CN2CCC(N3c4ccc(Cl)cc4CNS3(=O)=O)CC2)C1. The van der Waals surface area contributed by atoms with Crippen molar-refractivity contribution in [3.63, 3.8) is 0 Å². The van der Waals surface area contributed by atoms with E-state index in [0.717, 1.165) is 29.6 Å². The Morgan fingerprint density at radius 2 is 1.78 bits per heavy atom. The van der Waals surface area contributed by atoms with Gasteiger partial charge in [-0.3, -0.25) is 8.99 Å². The number of likely N-dealkylation sites (tertiary alicyclic amines) is 1. The van der Waals surface area contributed by atoms with Crippen LogP contribution in [0.2, 0.25) is 5.02 Å². The molecule has 46 heavy (non-hydrogen) atoms. The number of nitrogens with zero attached hydrogens (tertiary/aromatic N) is 5. The number of aromatic nitrogens is 2. The van der Waals surface area contributed by atoms with Crippen molar-refractivity contribution in [2.24, 2.45) is 0 Å². The fourth-order valence-corrected chi connectivity index (χ4v) is 9.01. The first-order chi connectivity index (χ1) is 21.6. The number of anilines is 1. The Bertz CT molecular complexity index is 1830. The first-order valence-corrected chi connectivity index (χ1v) is 18.5. The number of piperidine rings is 1. The highest BCUT2D eigenvalue weighted by Crippen LogP contribution is 2.36. The number of sulfonamides is 1. The van der Waals surface area contributed by atoms with Crippen molar-refractivity contribution in [3.8, 4) is 11.3 Å². The summed E-state index contributed by atoms with van der Waals surface area (Å²) in [6, 6.07) is 9.47. The van der Waals surface area contributed by atoms with Crippen molar-refractivity contribution < 1.29 is 35.1 Å². The molecule has 11 nitrogen and oxygen atoms in total. The third kappa shape index (κ3) is 6.79. The normalized spacial score (nSPS) is 20.3. The lowest BCUT2D eigenvalue weighted by molar-refractivity contribution is -0.137. The number of rotatable bonds is 7. The van der Waals surface area contributed by atoms with Gasteiger partial charge in [0.05, 0.1) is 35.8 Å². The lowest BCUT2D eigenvalue weighted by atomic mass is 10.0. The van der Waals surface area contributed by atoms with Crippen LogP contribution in [0.4, 0.5) is 18.9 Å². The van der Waals surface area contributed by atoms with Crippen molar-refractivity contribution in [3.05, 3.63) is 69.9 Å². The van der Waals surface area contributed by atoms with Gasteiger partial charge in [-0.05, 0) is 48.7 Å². The van der Waals surface area contributed by atoms with Crippen LogP contribution in [-0.4, -0.2) is 85.5 Å². The number of fused-ring (bicyclic) bond motifs is 2. The minimum absolute atomic E-state index is 0.0255. The van der Waals surface area contributed by atoms with Crippen molar-refractivity contribution in [2.45, 2.75) is 57.2 Å². The van der Waals surface area contributed by atoms with E-state index in [0.29, 0.717) is 66.4 Å². The van der Waals surface area contributed by atoms with Gasteiger partial charge < -0.3 is 10.0 Å². The summed E-state index contributed by atoms with van der Waals surface area (Å²) in [5.41, 5.74) is 2.74. The number of nitrogens with one attached hydrogen (secondary N) is 1. The van der Waals surface area contributed by atoms with Gasteiger partial charge in [0.1, 0.15) is 0 Å². The number of β-amino-alcohol motifs (C(OH)–C–C–N with tert-alkyl or cyclic N) is 1. The molecule has 0 bridgehead atoms. The second-order valence-corrected chi connectivity index (χ2v) is 16.0. The highest BCUT2D eigenvalue weighted by Gasteiger charge is 2.37. The summed E-state index contributed by atoms with van der Waals surface area (Å²) in [4.78, 5) is 2.06. The van der Waals surface area contributed by atoms with Crippen LogP contribution in [0.1, 0.15) is 35.2 Å². The van der Waals surface area contributed by atoms with E-state index in [1.807, 2.05) is 0 Å². The lowest BCUT2D eigenvalue weighted by Gasteiger charge is -2.41. The standard InChI is InChI=1S/C29H34ClF3N6O5S2/c1-45(41,42)37-13-10-27-25(18-37)28(19-2-4-21(5-3-19)29(31,32)33)35-38(27)17-24(40)16-36-11-8-23(9-12-36)39-26-7-6-22(30)14-20(26)15-34-46(39,43)44/h2-7,14,23-24,34,40H,8-13,15-18H2,1H3. The number of hydrogen-bond acceptors (Lipinski definition) is 7. The minimum Gasteiger partial charge on any atom is -0.390 e. The van der Waals surface area contributed by atoms with E-state index in [4.69, 9.17) is 11.6 Å². The summed E-state index contributed by atoms with van der Waals surface area (Å²) < 4.78 is 97.1. The van der Waals surface area contributed by atoms with Crippen LogP contribution in [0, 0.1) is 0 Å². The number of hydrogen-bond donors (Lipinski definition) is 2. The fourth-order valence-electron chi connectivity index (χ4n) is 6.51. The zero-order valence-corrected chi connectivity index (χ0v) is 27.3. The number of aliphatic hydroxyl groups is 1. The van der Waals surface area contributed by atoms with Gasteiger partial charge in [-0.1, -0.05) is 23.7 Å². The van der Waals surface area contributed by atoms with Crippen LogP contribution in [-0.2, 0) is 52.5 Å². The van der Waals surface area contributed by atoms with Crippen LogP contribution in [0.3, 0.4) is 0 Å². The Kier molecular flexibility index (Phi) is 8.93. The maximum atomic E-state index is 13.2. The molecule has 250 valence electrons. The number of benzene rings is 2. The molecular weight excluding hydrogens is 669 g/mol. The number of alkyl halides is 3. The molecule has 1 fully saturated rings. The monoisotopic (exact) mass is 702 g/mol. The zero-order chi connectivity index (χ0) is 33.0. The molecule has 0 radical (unpaired) electrons. The smallest absolute Gasteiger partial charge is 0.390 e. The largest absolute Gasteiger partial charge is 0.416 e. The van der Waals surface area contributed by atoms with Gasteiger partial charge in [0.15, 0.2) is 0 Å². The Labute approximate surface area is 270 Å². The highest BCUT2D eigenvalue weighted by atomic mass is 35.5. The van der Waals surface area contributed by atoms with Crippen molar-refractivity contribution in [2.75, 3.05) is 36.7 Å². The molecule has 1 aromatic heterocycles. The predicted molar refractivity (Wildman–Crippen MR) is 167 cm³/mol. The zero-order valence-electron chi connectivity index (χ0n) is 24.9. The van der Waals surface area contributed by atoms with E-state index in [-0.39, 0.29) is 32.2 Å². The average molecular weight is 703 g/mol. The van der Waals surface area contributed by atoms with Crippen LogP contribution < -0.4 is 9.03 Å². The van der Waals surface area contributed by atoms with Crippen molar-refractivity contribution in [1.82, 2.24) is 23.7 Å². The summed E-state index contributed by atoms with van der Waals surface area (Å²) in [5, 5.41) is 16.3. The summed E-state index contributed by atoms with van der Waals surface area (Å²) in [7, 11) is -7.24. The molecule has 1 saturated heterocycles.